The van der Waals surface area contributed by atoms with Gasteiger partial charge in [0, 0.05) is 17.7 Å². The van der Waals surface area contributed by atoms with Crippen molar-refractivity contribution in [1.29, 1.82) is 0 Å². The minimum absolute atomic E-state index is 0. The van der Waals surface area contributed by atoms with Crippen molar-refractivity contribution in [2.45, 2.75) is 6.54 Å². The quantitative estimate of drug-likeness (QED) is 0.644. The van der Waals surface area contributed by atoms with Crippen LogP contribution in [0.4, 0.5) is 0 Å². The highest BCUT2D eigenvalue weighted by atomic mass is 35.5. The van der Waals surface area contributed by atoms with Crippen LogP contribution < -0.4 is 5.73 Å². The Morgan fingerprint density at radius 2 is 2.17 bits per heavy atom. The highest BCUT2D eigenvalue weighted by Crippen LogP contribution is 2.17. The first-order chi connectivity index (χ1) is 5.27. The molecule has 3 heteroatoms. The fourth-order valence-corrected chi connectivity index (χ4v) is 0.826. The average Bonchev–Trinajstić information content (AvgIpc) is 2.04. The molecular formula is C9H10ClNO. The fourth-order valence-electron chi connectivity index (χ4n) is 0.826. The second-order valence-electron chi connectivity index (χ2n) is 2.19. The molecular weight excluding hydrogens is 174 g/mol. The van der Waals surface area contributed by atoms with Gasteiger partial charge in [0.05, 0.1) is 0 Å². The van der Waals surface area contributed by atoms with Crippen molar-refractivity contribution in [2.75, 3.05) is 0 Å². The summed E-state index contributed by atoms with van der Waals surface area (Å²) in [6.07, 6.45) is 5.12. The van der Waals surface area contributed by atoms with E-state index >= 15 is 0 Å². The smallest absolute Gasteiger partial charge is 0.121 e. The second-order valence-corrected chi connectivity index (χ2v) is 2.19. The van der Waals surface area contributed by atoms with Gasteiger partial charge in [-0.2, -0.15) is 0 Å². The maximum atomic E-state index is 9.25. The molecule has 12 heavy (non-hydrogen) atoms. The molecule has 2 nitrogen and oxygen atoms in total. The zero-order chi connectivity index (χ0) is 8.27. The lowest BCUT2D eigenvalue weighted by Gasteiger charge is -2.00. The molecule has 0 aliphatic rings. The molecule has 0 bridgehead atoms. The highest BCUT2D eigenvalue weighted by Gasteiger charge is 1.97. The van der Waals surface area contributed by atoms with E-state index in [2.05, 4.69) is 5.92 Å². The number of halogens is 1. The first kappa shape index (κ1) is 10.8. The third-order valence-corrected chi connectivity index (χ3v) is 1.47. The monoisotopic (exact) mass is 183 g/mol. The van der Waals surface area contributed by atoms with E-state index in [4.69, 9.17) is 12.2 Å². The first-order valence-corrected chi connectivity index (χ1v) is 3.26. The number of rotatable bonds is 1. The molecule has 64 valence electrons. The SMILES string of the molecule is C#Cc1ccc(CN)c(O)c1.Cl. The van der Waals surface area contributed by atoms with Crippen molar-refractivity contribution in [1.82, 2.24) is 0 Å². The minimum atomic E-state index is 0. The Bertz CT molecular complexity index is 304. The number of terminal acetylenes is 1. The average molecular weight is 184 g/mol. The molecule has 0 heterocycles. The van der Waals surface area contributed by atoms with Gasteiger partial charge in [0.25, 0.3) is 0 Å². The minimum Gasteiger partial charge on any atom is -0.508 e. The number of hydrogen-bond acceptors (Lipinski definition) is 2. The molecule has 0 fully saturated rings. The van der Waals surface area contributed by atoms with E-state index in [9.17, 15) is 5.11 Å². The lowest BCUT2D eigenvalue weighted by molar-refractivity contribution is 0.468. The Kier molecular flexibility index (Phi) is 4.20. The summed E-state index contributed by atoms with van der Waals surface area (Å²) < 4.78 is 0. The van der Waals surface area contributed by atoms with E-state index in [0.717, 1.165) is 0 Å². The van der Waals surface area contributed by atoms with Gasteiger partial charge in [-0.15, -0.1) is 18.8 Å². The van der Waals surface area contributed by atoms with Gasteiger partial charge in [0.2, 0.25) is 0 Å². The van der Waals surface area contributed by atoms with Crippen molar-refractivity contribution in [3.8, 4) is 18.1 Å². The van der Waals surface area contributed by atoms with E-state index in [0.29, 0.717) is 17.7 Å². The van der Waals surface area contributed by atoms with E-state index in [-0.39, 0.29) is 18.2 Å². The van der Waals surface area contributed by atoms with Crippen LogP contribution in [0, 0.1) is 12.3 Å². The fraction of sp³-hybridized carbons (Fsp3) is 0.111. The van der Waals surface area contributed by atoms with Crippen LogP contribution in [-0.2, 0) is 6.54 Å². The van der Waals surface area contributed by atoms with Gasteiger partial charge >= 0.3 is 0 Å². The molecule has 1 aromatic carbocycles. The number of nitrogens with two attached hydrogens (primary N) is 1. The number of hydrogen-bond donors (Lipinski definition) is 2. The van der Waals surface area contributed by atoms with Crippen molar-refractivity contribution in [2.24, 2.45) is 5.73 Å². The van der Waals surface area contributed by atoms with Crippen LogP contribution in [0.2, 0.25) is 0 Å². The summed E-state index contributed by atoms with van der Waals surface area (Å²) in [7, 11) is 0. The van der Waals surface area contributed by atoms with Crippen LogP contribution in [0.5, 0.6) is 5.75 Å². The van der Waals surface area contributed by atoms with Crippen molar-refractivity contribution < 1.29 is 5.11 Å². The van der Waals surface area contributed by atoms with Gasteiger partial charge in [-0.3, -0.25) is 0 Å². The van der Waals surface area contributed by atoms with Crippen LogP contribution in [0.3, 0.4) is 0 Å². The third kappa shape index (κ3) is 2.16. The summed E-state index contributed by atoms with van der Waals surface area (Å²) in [5, 5.41) is 9.25. The van der Waals surface area contributed by atoms with Gasteiger partial charge in [-0.1, -0.05) is 12.0 Å². The molecule has 0 aliphatic carbocycles. The Labute approximate surface area is 77.8 Å². The van der Waals surface area contributed by atoms with Crippen molar-refractivity contribution in [3.05, 3.63) is 29.3 Å². The molecule has 1 rings (SSSR count). The molecule has 0 unspecified atom stereocenters. The number of phenols is 1. The second kappa shape index (κ2) is 4.66. The Hall–Kier alpha value is -1.17. The summed E-state index contributed by atoms with van der Waals surface area (Å²) in [5.41, 5.74) is 6.71. The van der Waals surface area contributed by atoms with Crippen molar-refractivity contribution >= 4 is 12.4 Å². The maximum absolute atomic E-state index is 9.25. The summed E-state index contributed by atoms with van der Waals surface area (Å²) in [4.78, 5) is 0. The van der Waals surface area contributed by atoms with Gasteiger partial charge in [-0.05, 0) is 12.1 Å². The maximum Gasteiger partial charge on any atom is 0.121 e. The van der Waals surface area contributed by atoms with E-state index < -0.39 is 0 Å². The number of benzene rings is 1. The molecule has 0 aliphatic heterocycles. The number of aromatic hydroxyl groups is 1. The summed E-state index contributed by atoms with van der Waals surface area (Å²) in [6.45, 7) is 0.330. The number of phenolic OH excluding ortho intramolecular Hbond substituents is 1. The summed E-state index contributed by atoms with van der Waals surface area (Å²) in [5.74, 6) is 2.59. The van der Waals surface area contributed by atoms with Gasteiger partial charge in [0.15, 0.2) is 0 Å². The molecule has 1 aromatic rings. The lowest BCUT2D eigenvalue weighted by Crippen LogP contribution is -1.96. The Morgan fingerprint density at radius 3 is 2.58 bits per heavy atom. The topological polar surface area (TPSA) is 46.2 Å². The molecule has 0 radical (unpaired) electrons. The van der Waals surface area contributed by atoms with Crippen LogP contribution in [-0.4, -0.2) is 5.11 Å². The molecule has 0 atom stereocenters. The molecule has 0 aromatic heterocycles. The van der Waals surface area contributed by atoms with Crippen LogP contribution in [0.25, 0.3) is 0 Å². The lowest BCUT2D eigenvalue weighted by atomic mass is 10.1. The molecule has 0 saturated carbocycles. The largest absolute Gasteiger partial charge is 0.508 e. The van der Waals surface area contributed by atoms with Gasteiger partial charge in [-0.25, -0.2) is 0 Å². The van der Waals surface area contributed by atoms with E-state index in [1.807, 2.05) is 0 Å². The standard InChI is InChI=1S/C9H9NO.ClH/c1-2-7-3-4-8(6-10)9(11)5-7;/h1,3-5,11H,6,10H2;1H. The van der Waals surface area contributed by atoms with Crippen LogP contribution in [0.15, 0.2) is 18.2 Å². The van der Waals surface area contributed by atoms with E-state index in [1.54, 1.807) is 12.1 Å². The molecule has 0 amide bonds. The summed E-state index contributed by atoms with van der Waals surface area (Å²) in [6, 6.07) is 5.01. The highest BCUT2D eigenvalue weighted by molar-refractivity contribution is 5.85. The Morgan fingerprint density at radius 1 is 1.50 bits per heavy atom. The normalized spacial score (nSPS) is 8.33. The zero-order valence-corrected chi connectivity index (χ0v) is 7.27. The molecule has 0 spiro atoms. The zero-order valence-electron chi connectivity index (χ0n) is 6.45. The van der Waals surface area contributed by atoms with Crippen LogP contribution >= 0.6 is 12.4 Å². The van der Waals surface area contributed by atoms with Gasteiger partial charge < -0.3 is 10.8 Å². The van der Waals surface area contributed by atoms with E-state index in [1.165, 1.54) is 6.07 Å². The molecule has 3 N–H and O–H groups in total. The predicted molar refractivity (Wildman–Crippen MR) is 51.2 cm³/mol. The first-order valence-electron chi connectivity index (χ1n) is 3.26. The van der Waals surface area contributed by atoms with Gasteiger partial charge in [0.1, 0.15) is 5.75 Å². The predicted octanol–water partition coefficient (Wildman–Crippen LogP) is 1.25. The molecule has 0 saturated heterocycles. The summed E-state index contributed by atoms with van der Waals surface area (Å²) >= 11 is 0. The van der Waals surface area contributed by atoms with Crippen molar-refractivity contribution in [3.63, 3.8) is 0 Å². The van der Waals surface area contributed by atoms with Crippen LogP contribution in [0.1, 0.15) is 11.1 Å². The third-order valence-electron chi connectivity index (χ3n) is 1.47. The Balaban J connectivity index is 0.00000121.